The summed E-state index contributed by atoms with van der Waals surface area (Å²) in [5.74, 6) is 1.52. The van der Waals surface area contributed by atoms with Crippen LogP contribution in [0.2, 0.25) is 0 Å². The third-order valence-corrected chi connectivity index (χ3v) is 7.71. The second-order valence-electron chi connectivity index (χ2n) is 8.87. The molecule has 0 atom stereocenters. The van der Waals surface area contributed by atoms with Crippen molar-refractivity contribution < 1.29 is 0 Å². The van der Waals surface area contributed by atoms with Gasteiger partial charge in [0.25, 0.3) is 0 Å². The summed E-state index contributed by atoms with van der Waals surface area (Å²) in [5, 5.41) is 14.5. The number of hydrogen-bond donors (Lipinski definition) is 1. The van der Waals surface area contributed by atoms with Gasteiger partial charge in [-0.05, 0) is 65.1 Å². The highest BCUT2D eigenvalue weighted by Crippen LogP contribution is 2.49. The van der Waals surface area contributed by atoms with E-state index in [1.807, 2.05) is 0 Å². The van der Waals surface area contributed by atoms with Crippen LogP contribution in [0.1, 0.15) is 54.1 Å². The number of rotatable bonds is 2. The first kappa shape index (κ1) is 19.0. The molecule has 1 N–H and O–H groups in total. The fourth-order valence-electron chi connectivity index (χ4n) is 5.41. The molecule has 1 saturated carbocycles. The lowest BCUT2D eigenvalue weighted by molar-refractivity contribution is 0.360. The molecule has 2 heterocycles. The van der Waals surface area contributed by atoms with Crippen LogP contribution in [0.3, 0.4) is 0 Å². The molecule has 156 valence electrons. The van der Waals surface area contributed by atoms with E-state index in [1.54, 1.807) is 6.33 Å². The highest BCUT2D eigenvalue weighted by molar-refractivity contribution is 6.24. The average Bonchev–Trinajstić information content (AvgIpc) is 3.20. The number of alkyl halides is 1. The zero-order chi connectivity index (χ0) is 20.8. The molecule has 6 rings (SSSR count). The maximum Gasteiger partial charge on any atom is 0.151 e. The minimum absolute atomic E-state index is 0.293. The van der Waals surface area contributed by atoms with E-state index in [0.717, 1.165) is 50.3 Å². The Morgan fingerprint density at radius 2 is 1.81 bits per heavy atom. The zero-order valence-corrected chi connectivity index (χ0v) is 18.1. The molecule has 5 heteroatoms. The monoisotopic (exact) mass is 428 g/mol. The van der Waals surface area contributed by atoms with Gasteiger partial charge in [-0.3, -0.25) is 4.57 Å². The lowest BCUT2D eigenvalue weighted by atomic mass is 9.74. The standard InChI is InChI=1S/C26H25ClN4/c27-26(21-8-9-24-20(14-21)15-28-16-25-30-29-17-31(24)25)12-10-19(11-13-26)23-7-3-5-18-4-1-2-6-22(18)23/h1-9,14,17,19,28H,10-13,15-16H2. The molecule has 1 aromatic heterocycles. The predicted molar refractivity (Wildman–Crippen MR) is 125 cm³/mol. The molecule has 31 heavy (non-hydrogen) atoms. The molecule has 0 unspecified atom stereocenters. The third-order valence-electron chi connectivity index (χ3n) is 7.11. The van der Waals surface area contributed by atoms with Crippen molar-refractivity contribution in [2.24, 2.45) is 0 Å². The van der Waals surface area contributed by atoms with Gasteiger partial charge in [-0.2, -0.15) is 0 Å². The van der Waals surface area contributed by atoms with Gasteiger partial charge < -0.3 is 5.32 Å². The van der Waals surface area contributed by atoms with Gasteiger partial charge in [-0.15, -0.1) is 21.8 Å². The van der Waals surface area contributed by atoms with Crippen molar-refractivity contribution in [2.45, 2.75) is 49.6 Å². The Morgan fingerprint density at radius 1 is 0.968 bits per heavy atom. The molecule has 1 aliphatic heterocycles. The Kier molecular flexibility index (Phi) is 4.58. The number of nitrogens with zero attached hydrogens (tertiary/aromatic N) is 3. The van der Waals surface area contributed by atoms with Crippen LogP contribution in [-0.4, -0.2) is 14.8 Å². The number of fused-ring (bicyclic) bond motifs is 4. The highest BCUT2D eigenvalue weighted by Gasteiger charge is 2.36. The van der Waals surface area contributed by atoms with Crippen LogP contribution in [0.4, 0.5) is 0 Å². The van der Waals surface area contributed by atoms with Crippen LogP contribution in [0.5, 0.6) is 0 Å². The van der Waals surface area contributed by atoms with Gasteiger partial charge >= 0.3 is 0 Å². The van der Waals surface area contributed by atoms with Crippen LogP contribution in [0, 0.1) is 0 Å². The molecule has 0 amide bonds. The van der Waals surface area contributed by atoms with Gasteiger partial charge in [0, 0.05) is 6.54 Å². The number of aromatic nitrogens is 3. The zero-order valence-electron chi connectivity index (χ0n) is 17.4. The van der Waals surface area contributed by atoms with Gasteiger partial charge in [-0.25, -0.2) is 0 Å². The first-order chi connectivity index (χ1) is 15.2. The minimum Gasteiger partial charge on any atom is -0.306 e. The molecular formula is C26H25ClN4. The summed E-state index contributed by atoms with van der Waals surface area (Å²) in [6.07, 6.45) is 6.01. The smallest absolute Gasteiger partial charge is 0.151 e. The highest BCUT2D eigenvalue weighted by atomic mass is 35.5. The largest absolute Gasteiger partial charge is 0.306 e. The Labute approximate surface area is 187 Å². The molecule has 1 aliphatic carbocycles. The Balaban J connectivity index is 1.27. The summed E-state index contributed by atoms with van der Waals surface area (Å²) >= 11 is 7.28. The van der Waals surface area contributed by atoms with E-state index in [-0.39, 0.29) is 4.87 Å². The predicted octanol–water partition coefficient (Wildman–Crippen LogP) is 5.82. The summed E-state index contributed by atoms with van der Waals surface area (Å²) < 4.78 is 2.08. The Hall–Kier alpha value is -2.69. The van der Waals surface area contributed by atoms with E-state index >= 15 is 0 Å². The number of nitrogens with one attached hydrogen (secondary N) is 1. The SMILES string of the molecule is ClC1(c2ccc3c(c2)CNCc2nncn2-3)CCC(c2cccc3ccccc23)CC1. The molecule has 0 radical (unpaired) electrons. The number of benzene rings is 3. The summed E-state index contributed by atoms with van der Waals surface area (Å²) in [6.45, 7) is 1.54. The molecule has 0 bridgehead atoms. The topological polar surface area (TPSA) is 42.7 Å². The van der Waals surface area contributed by atoms with E-state index in [2.05, 4.69) is 80.7 Å². The molecule has 3 aromatic carbocycles. The van der Waals surface area contributed by atoms with Crippen molar-refractivity contribution in [1.29, 1.82) is 0 Å². The summed E-state index contributed by atoms with van der Waals surface area (Å²) in [5.41, 5.74) is 5.12. The summed E-state index contributed by atoms with van der Waals surface area (Å²) in [6, 6.07) is 22.1. The Morgan fingerprint density at radius 3 is 2.71 bits per heavy atom. The fourth-order valence-corrected chi connectivity index (χ4v) is 5.75. The molecule has 0 saturated heterocycles. The molecule has 0 spiro atoms. The lowest BCUT2D eigenvalue weighted by Gasteiger charge is -2.36. The second kappa shape index (κ2) is 7.47. The van der Waals surface area contributed by atoms with Crippen molar-refractivity contribution in [3.63, 3.8) is 0 Å². The quantitative estimate of drug-likeness (QED) is 0.409. The first-order valence-corrected chi connectivity index (χ1v) is 11.5. The van der Waals surface area contributed by atoms with Gasteiger partial charge in [0.2, 0.25) is 0 Å². The van der Waals surface area contributed by atoms with E-state index < -0.39 is 0 Å². The first-order valence-electron chi connectivity index (χ1n) is 11.1. The second-order valence-corrected chi connectivity index (χ2v) is 9.60. The van der Waals surface area contributed by atoms with Crippen molar-refractivity contribution in [1.82, 2.24) is 20.1 Å². The van der Waals surface area contributed by atoms with E-state index in [1.165, 1.54) is 27.5 Å². The maximum atomic E-state index is 7.28. The van der Waals surface area contributed by atoms with Crippen LogP contribution >= 0.6 is 11.6 Å². The minimum atomic E-state index is -0.293. The number of hydrogen-bond acceptors (Lipinski definition) is 3. The molecule has 4 aromatic rings. The summed E-state index contributed by atoms with van der Waals surface area (Å²) in [4.78, 5) is -0.293. The van der Waals surface area contributed by atoms with Crippen LogP contribution in [0.15, 0.2) is 67.0 Å². The Bertz CT molecular complexity index is 1250. The lowest BCUT2D eigenvalue weighted by Crippen LogP contribution is -2.26. The molecule has 4 nitrogen and oxygen atoms in total. The van der Waals surface area contributed by atoms with Gasteiger partial charge in [0.15, 0.2) is 5.82 Å². The van der Waals surface area contributed by atoms with Gasteiger partial charge in [-0.1, -0.05) is 54.6 Å². The van der Waals surface area contributed by atoms with Crippen molar-refractivity contribution in [2.75, 3.05) is 0 Å². The maximum absolute atomic E-state index is 7.28. The van der Waals surface area contributed by atoms with Crippen LogP contribution in [-0.2, 0) is 18.0 Å². The van der Waals surface area contributed by atoms with Crippen LogP contribution < -0.4 is 5.32 Å². The molecule has 1 fully saturated rings. The van der Waals surface area contributed by atoms with Gasteiger partial charge in [0.1, 0.15) is 6.33 Å². The van der Waals surface area contributed by atoms with E-state index in [4.69, 9.17) is 11.6 Å². The van der Waals surface area contributed by atoms with Crippen LogP contribution in [0.25, 0.3) is 16.5 Å². The normalized spacial score (nSPS) is 23.2. The fraction of sp³-hybridized carbons (Fsp3) is 0.308. The molecular weight excluding hydrogens is 404 g/mol. The van der Waals surface area contributed by atoms with Crippen molar-refractivity contribution in [3.05, 3.63) is 89.5 Å². The van der Waals surface area contributed by atoms with Gasteiger partial charge in [0.05, 0.1) is 17.1 Å². The van der Waals surface area contributed by atoms with E-state index in [0.29, 0.717) is 5.92 Å². The van der Waals surface area contributed by atoms with Crippen molar-refractivity contribution in [3.8, 4) is 5.69 Å². The average molecular weight is 429 g/mol. The van der Waals surface area contributed by atoms with Crippen molar-refractivity contribution >= 4 is 22.4 Å². The molecule has 2 aliphatic rings. The summed E-state index contributed by atoms with van der Waals surface area (Å²) in [7, 11) is 0. The van der Waals surface area contributed by atoms with E-state index in [9.17, 15) is 0 Å². The number of halogens is 1. The third kappa shape index (κ3) is 3.26.